The molecule has 1 saturated carbocycles. The van der Waals surface area contributed by atoms with Gasteiger partial charge >= 0.3 is 5.97 Å². The van der Waals surface area contributed by atoms with E-state index in [0.717, 1.165) is 24.6 Å². The van der Waals surface area contributed by atoms with Crippen molar-refractivity contribution >= 4 is 14.3 Å². The summed E-state index contributed by atoms with van der Waals surface area (Å²) in [4.78, 5) is 11.9. The Labute approximate surface area is 140 Å². The molecule has 4 aliphatic rings. The molecule has 4 rings (SSSR count). The summed E-state index contributed by atoms with van der Waals surface area (Å²) in [6, 6.07) is 3.28. The number of esters is 1. The van der Waals surface area contributed by atoms with Gasteiger partial charge in [0.05, 0.1) is 18.1 Å². The molecule has 0 N–H and O–H groups in total. The molecule has 0 radical (unpaired) electrons. The summed E-state index contributed by atoms with van der Waals surface area (Å²) in [5.74, 6) is 0.667. The Morgan fingerprint density at radius 1 is 1.39 bits per heavy atom. The highest BCUT2D eigenvalue weighted by Gasteiger charge is 2.65. The topological polar surface area (TPSA) is 44.8 Å². The maximum absolute atomic E-state index is 11.9. The Hall–Kier alpha value is -1.07. The largest absolute Gasteiger partial charge is 0.487 e. The third kappa shape index (κ3) is 2.31. The van der Waals surface area contributed by atoms with Gasteiger partial charge in [-0.3, -0.25) is 0 Å². The maximum atomic E-state index is 11.9. The fraction of sp³-hybridized carbons (Fsp3) is 0.722. The highest BCUT2D eigenvalue weighted by molar-refractivity contribution is 6.73. The second-order valence-corrected chi connectivity index (χ2v) is 11.9. The first-order chi connectivity index (χ1) is 10.9. The fourth-order valence-electron chi connectivity index (χ4n) is 4.60. The number of rotatable bonds is 6. The van der Waals surface area contributed by atoms with Crippen LogP contribution in [0.15, 0.2) is 24.5 Å². The van der Waals surface area contributed by atoms with Crippen molar-refractivity contribution < 1.29 is 18.7 Å². The van der Waals surface area contributed by atoms with E-state index >= 15 is 0 Å². The normalized spacial score (nSPS) is 38.6. The first-order valence-electron chi connectivity index (χ1n) is 8.87. The van der Waals surface area contributed by atoms with Crippen LogP contribution < -0.4 is 0 Å². The highest BCUT2D eigenvalue weighted by atomic mass is 28.4. The smallest absolute Gasteiger partial charge is 0.335 e. The molecule has 5 heteroatoms. The third-order valence-electron chi connectivity index (χ3n) is 6.19. The molecule has 0 unspecified atom stereocenters. The number of carbonyl (C=O) groups is 1. The summed E-state index contributed by atoms with van der Waals surface area (Å²) in [5.41, 5.74) is -0.687. The minimum absolute atomic E-state index is 0.0165. The molecule has 0 aromatic heterocycles. The van der Waals surface area contributed by atoms with Crippen LogP contribution in [-0.4, -0.2) is 32.1 Å². The van der Waals surface area contributed by atoms with Crippen molar-refractivity contribution in [3.8, 4) is 0 Å². The van der Waals surface area contributed by atoms with Gasteiger partial charge in [-0.15, -0.1) is 6.58 Å². The minimum atomic E-state index is -1.78. The fourth-order valence-corrected chi connectivity index (χ4v) is 7.46. The van der Waals surface area contributed by atoms with Gasteiger partial charge < -0.3 is 13.9 Å². The number of carbonyl (C=O) groups excluding carboxylic acids is 1. The van der Waals surface area contributed by atoms with Crippen molar-refractivity contribution in [2.75, 3.05) is 0 Å². The van der Waals surface area contributed by atoms with Crippen LogP contribution in [0.2, 0.25) is 18.1 Å². The number of hydrogen-bond acceptors (Lipinski definition) is 4. The zero-order valence-electron chi connectivity index (χ0n) is 14.6. The van der Waals surface area contributed by atoms with E-state index in [1.807, 2.05) is 6.08 Å². The van der Waals surface area contributed by atoms with Crippen LogP contribution in [0, 0.1) is 11.8 Å². The predicted molar refractivity (Wildman–Crippen MR) is 91.3 cm³/mol. The standard InChI is InChI=1S/C18H28O4Si/c1-6-13-17(22-23(7-2,8-3)9-4)16-12(5)11-18(13)14(20-16)10-15(19)21-18/h6,10,12-13,16-17H,1,7-9,11H2,2-5H3/t12-,13-,16-,17-,18-/m1/s1. The van der Waals surface area contributed by atoms with Crippen LogP contribution in [0.4, 0.5) is 0 Å². The highest BCUT2D eigenvalue weighted by Crippen LogP contribution is 2.55. The molecule has 0 amide bonds. The van der Waals surface area contributed by atoms with E-state index in [-0.39, 0.29) is 24.1 Å². The Morgan fingerprint density at radius 3 is 2.61 bits per heavy atom. The molecule has 4 nitrogen and oxygen atoms in total. The van der Waals surface area contributed by atoms with Crippen molar-refractivity contribution in [1.82, 2.24) is 0 Å². The lowest BCUT2D eigenvalue weighted by Gasteiger charge is -2.57. The Balaban J connectivity index is 1.97. The molecule has 3 fully saturated rings. The molecular formula is C18H28O4Si. The summed E-state index contributed by atoms with van der Waals surface area (Å²) < 4.78 is 18.7. The van der Waals surface area contributed by atoms with Gasteiger partial charge in [0.1, 0.15) is 11.9 Å². The molecule has 0 aromatic carbocycles. The average Bonchev–Trinajstić information content (AvgIpc) is 2.87. The van der Waals surface area contributed by atoms with Crippen molar-refractivity contribution in [2.45, 2.75) is 70.1 Å². The molecule has 2 saturated heterocycles. The molecule has 23 heavy (non-hydrogen) atoms. The first-order valence-corrected chi connectivity index (χ1v) is 11.4. The molecule has 0 aromatic rings. The molecule has 1 spiro atoms. The van der Waals surface area contributed by atoms with E-state index in [1.54, 1.807) is 0 Å². The Bertz CT molecular complexity index is 531. The van der Waals surface area contributed by atoms with Gasteiger partial charge in [0.2, 0.25) is 0 Å². The zero-order valence-corrected chi connectivity index (χ0v) is 15.6. The third-order valence-corrected chi connectivity index (χ3v) is 10.8. The number of ether oxygens (including phenoxy) is 2. The maximum Gasteiger partial charge on any atom is 0.335 e. The summed E-state index contributed by atoms with van der Waals surface area (Å²) in [6.45, 7) is 12.9. The molecule has 2 bridgehead atoms. The second kappa shape index (κ2) is 5.78. The first kappa shape index (κ1) is 16.8. The lowest BCUT2D eigenvalue weighted by atomic mass is 9.65. The van der Waals surface area contributed by atoms with Gasteiger partial charge in [0.25, 0.3) is 0 Å². The second-order valence-electron chi connectivity index (χ2n) is 7.17. The van der Waals surface area contributed by atoms with Gasteiger partial charge in [-0.25, -0.2) is 4.79 Å². The number of fused-ring (bicyclic) bond motifs is 2. The molecule has 128 valence electrons. The summed E-state index contributed by atoms with van der Waals surface area (Å²) in [7, 11) is -1.78. The summed E-state index contributed by atoms with van der Waals surface area (Å²) >= 11 is 0. The average molecular weight is 337 g/mol. The van der Waals surface area contributed by atoms with E-state index in [0.29, 0.717) is 11.7 Å². The van der Waals surface area contributed by atoms with Gasteiger partial charge in [0.15, 0.2) is 13.9 Å². The molecule has 5 atom stereocenters. The van der Waals surface area contributed by atoms with E-state index in [2.05, 4.69) is 34.3 Å². The summed E-state index contributed by atoms with van der Waals surface area (Å²) in [6.07, 6.45) is 4.14. The van der Waals surface area contributed by atoms with Crippen molar-refractivity contribution in [1.29, 1.82) is 0 Å². The summed E-state index contributed by atoms with van der Waals surface area (Å²) in [5, 5.41) is 0. The van der Waals surface area contributed by atoms with Crippen LogP contribution in [-0.2, 0) is 18.7 Å². The molecule has 1 aliphatic carbocycles. The molecule has 3 heterocycles. The van der Waals surface area contributed by atoms with Crippen molar-refractivity contribution in [3.63, 3.8) is 0 Å². The van der Waals surface area contributed by atoms with Gasteiger partial charge in [-0.05, 0) is 24.1 Å². The van der Waals surface area contributed by atoms with E-state index in [4.69, 9.17) is 13.9 Å². The number of hydrogen-bond donors (Lipinski definition) is 0. The van der Waals surface area contributed by atoms with Crippen molar-refractivity contribution in [3.05, 3.63) is 24.5 Å². The van der Waals surface area contributed by atoms with Crippen LogP contribution in [0.25, 0.3) is 0 Å². The van der Waals surface area contributed by atoms with Crippen LogP contribution in [0.5, 0.6) is 0 Å². The van der Waals surface area contributed by atoms with E-state index in [1.165, 1.54) is 6.08 Å². The van der Waals surface area contributed by atoms with Gasteiger partial charge in [-0.2, -0.15) is 0 Å². The quantitative estimate of drug-likeness (QED) is 0.420. The monoisotopic (exact) mass is 336 g/mol. The van der Waals surface area contributed by atoms with Crippen molar-refractivity contribution in [2.24, 2.45) is 11.8 Å². The van der Waals surface area contributed by atoms with Crippen LogP contribution in [0.3, 0.4) is 0 Å². The van der Waals surface area contributed by atoms with Crippen LogP contribution in [0.1, 0.15) is 34.1 Å². The predicted octanol–water partition coefficient (Wildman–Crippen LogP) is 3.80. The van der Waals surface area contributed by atoms with Gasteiger partial charge in [0, 0.05) is 6.42 Å². The SMILES string of the molecule is C=C[C@@H]1[C@@H](O[Si](CC)(CC)CC)[C@@H]2OC3=CC(=O)O[C@@]31C[C@H]2C. The minimum Gasteiger partial charge on any atom is -0.487 e. The molecular weight excluding hydrogens is 308 g/mol. The Kier molecular flexibility index (Phi) is 4.21. The lowest BCUT2D eigenvalue weighted by Crippen LogP contribution is -2.65. The zero-order chi connectivity index (χ0) is 16.8. The van der Waals surface area contributed by atoms with E-state index < -0.39 is 13.9 Å². The van der Waals surface area contributed by atoms with Crippen LogP contribution >= 0.6 is 0 Å². The van der Waals surface area contributed by atoms with Gasteiger partial charge in [-0.1, -0.05) is 33.8 Å². The lowest BCUT2D eigenvalue weighted by molar-refractivity contribution is -0.217. The van der Waals surface area contributed by atoms with E-state index in [9.17, 15) is 4.79 Å². The Morgan fingerprint density at radius 2 is 2.04 bits per heavy atom. The molecule has 3 aliphatic heterocycles.